The van der Waals surface area contributed by atoms with Crippen molar-refractivity contribution in [3.8, 4) is 5.75 Å². The van der Waals surface area contributed by atoms with Crippen molar-refractivity contribution in [2.45, 2.75) is 26.6 Å². The van der Waals surface area contributed by atoms with Crippen LogP contribution in [0.15, 0.2) is 72.8 Å². The zero-order chi connectivity index (χ0) is 18.1. The predicted octanol–water partition coefficient (Wildman–Crippen LogP) is 5.04. The normalized spacial score (nSPS) is 16.2. The first-order valence-corrected chi connectivity index (χ1v) is 8.80. The number of ether oxygens (including phenoxy) is 1. The van der Waals surface area contributed by atoms with Gasteiger partial charge in [0, 0.05) is 12.1 Å². The van der Waals surface area contributed by atoms with E-state index in [-0.39, 0.29) is 5.91 Å². The third-order valence-electron chi connectivity index (χ3n) is 4.74. The first-order chi connectivity index (χ1) is 12.6. The minimum absolute atomic E-state index is 0.00185. The van der Waals surface area contributed by atoms with Crippen molar-refractivity contribution in [2.24, 2.45) is 0 Å². The second-order valence-electron chi connectivity index (χ2n) is 6.80. The molecule has 1 aliphatic heterocycles. The van der Waals surface area contributed by atoms with Crippen LogP contribution in [0.3, 0.4) is 0 Å². The Morgan fingerprint density at radius 1 is 0.846 bits per heavy atom. The van der Waals surface area contributed by atoms with Gasteiger partial charge in [-0.3, -0.25) is 9.69 Å². The second kappa shape index (κ2) is 6.68. The third kappa shape index (κ3) is 3.08. The molecule has 0 bridgehead atoms. The molecular weight excluding hydrogens is 322 g/mol. The number of carbonyl (C=O) groups excluding carboxylic acids is 1. The van der Waals surface area contributed by atoms with Crippen LogP contribution in [0.25, 0.3) is 0 Å². The summed E-state index contributed by atoms with van der Waals surface area (Å²) in [6, 6.07) is 23.9. The number of fused-ring (bicyclic) bond motifs is 1. The third-order valence-corrected chi connectivity index (χ3v) is 4.74. The molecule has 0 N–H and O–H groups in total. The molecule has 0 fully saturated rings. The van der Waals surface area contributed by atoms with Crippen molar-refractivity contribution in [1.82, 2.24) is 4.90 Å². The molecular formula is C23H21NO2. The quantitative estimate of drug-likeness (QED) is 0.667. The van der Waals surface area contributed by atoms with Crippen LogP contribution in [0.4, 0.5) is 0 Å². The van der Waals surface area contributed by atoms with Gasteiger partial charge in [0.05, 0.1) is 5.56 Å². The molecule has 1 amide bonds. The Morgan fingerprint density at radius 2 is 1.46 bits per heavy atom. The molecule has 1 heterocycles. The van der Waals surface area contributed by atoms with E-state index in [9.17, 15) is 4.79 Å². The van der Waals surface area contributed by atoms with Gasteiger partial charge < -0.3 is 4.74 Å². The lowest BCUT2D eigenvalue weighted by Crippen LogP contribution is -2.41. The van der Waals surface area contributed by atoms with Crippen LogP contribution < -0.4 is 4.74 Å². The number of carbonyl (C=O) groups is 1. The van der Waals surface area contributed by atoms with Gasteiger partial charge in [0.1, 0.15) is 5.75 Å². The predicted molar refractivity (Wildman–Crippen MR) is 102 cm³/mol. The van der Waals surface area contributed by atoms with Gasteiger partial charge in [-0.05, 0) is 31.5 Å². The molecule has 3 heteroatoms. The molecule has 0 saturated carbocycles. The molecule has 4 rings (SSSR count). The summed E-state index contributed by atoms with van der Waals surface area (Å²) >= 11 is 0. The highest BCUT2D eigenvalue weighted by molar-refractivity contribution is 5.98. The number of aryl methyl sites for hydroxylation is 2. The Balaban J connectivity index is 1.74. The van der Waals surface area contributed by atoms with E-state index >= 15 is 0 Å². The summed E-state index contributed by atoms with van der Waals surface area (Å²) in [5.41, 5.74) is 5.06. The van der Waals surface area contributed by atoms with Crippen LogP contribution in [-0.2, 0) is 6.54 Å². The first kappa shape index (κ1) is 16.4. The average molecular weight is 343 g/mol. The maximum Gasteiger partial charge on any atom is 0.261 e. The molecule has 1 unspecified atom stereocenters. The van der Waals surface area contributed by atoms with E-state index < -0.39 is 6.23 Å². The van der Waals surface area contributed by atoms with Crippen LogP contribution in [0.5, 0.6) is 5.75 Å². The van der Waals surface area contributed by atoms with Crippen LogP contribution in [-0.4, -0.2) is 10.8 Å². The summed E-state index contributed by atoms with van der Waals surface area (Å²) in [6.07, 6.45) is -0.431. The molecule has 3 aromatic rings. The van der Waals surface area contributed by atoms with Crippen molar-refractivity contribution in [3.63, 3.8) is 0 Å². The molecule has 0 spiro atoms. The Bertz CT molecular complexity index is 929. The fourth-order valence-electron chi connectivity index (χ4n) is 3.22. The topological polar surface area (TPSA) is 29.5 Å². The molecule has 3 aromatic carbocycles. The van der Waals surface area contributed by atoms with Crippen molar-refractivity contribution in [1.29, 1.82) is 0 Å². The smallest absolute Gasteiger partial charge is 0.261 e. The van der Waals surface area contributed by atoms with E-state index in [1.165, 1.54) is 11.1 Å². The maximum absolute atomic E-state index is 13.2. The monoisotopic (exact) mass is 343 g/mol. The molecule has 0 aliphatic carbocycles. The summed E-state index contributed by atoms with van der Waals surface area (Å²) in [6.45, 7) is 4.62. The second-order valence-corrected chi connectivity index (χ2v) is 6.80. The molecule has 0 radical (unpaired) electrons. The lowest BCUT2D eigenvalue weighted by molar-refractivity contribution is 0.00472. The van der Waals surface area contributed by atoms with Gasteiger partial charge in [-0.2, -0.15) is 0 Å². The number of hydrogen-bond acceptors (Lipinski definition) is 2. The fraction of sp³-hybridized carbons (Fsp3) is 0.174. The van der Waals surface area contributed by atoms with Crippen LogP contribution in [0.1, 0.15) is 38.8 Å². The standard InChI is InChI=1S/C23H21NO2/c1-16-7-11-18(12-8-16)15-24-22(25)20-5-3-4-6-21(20)26-23(24)19-13-9-17(2)10-14-19/h3-14,23H,15H2,1-2H3. The van der Waals surface area contributed by atoms with E-state index in [2.05, 4.69) is 38.1 Å². The van der Waals surface area contributed by atoms with Crippen molar-refractivity contribution in [2.75, 3.05) is 0 Å². The number of benzene rings is 3. The number of para-hydroxylation sites is 1. The minimum atomic E-state index is -0.431. The van der Waals surface area contributed by atoms with E-state index in [0.717, 1.165) is 11.1 Å². The Hall–Kier alpha value is -3.07. The van der Waals surface area contributed by atoms with E-state index in [1.807, 2.05) is 48.5 Å². The summed E-state index contributed by atoms with van der Waals surface area (Å²) < 4.78 is 6.24. The highest BCUT2D eigenvalue weighted by Crippen LogP contribution is 2.36. The Labute approximate surface area is 153 Å². The number of hydrogen-bond donors (Lipinski definition) is 0. The summed E-state index contributed by atoms with van der Waals surface area (Å²) in [5.74, 6) is 0.640. The maximum atomic E-state index is 13.2. The zero-order valence-corrected chi connectivity index (χ0v) is 15.0. The molecule has 0 aromatic heterocycles. The summed E-state index contributed by atoms with van der Waals surface area (Å²) in [7, 11) is 0. The van der Waals surface area contributed by atoms with Crippen molar-refractivity contribution >= 4 is 5.91 Å². The highest BCUT2D eigenvalue weighted by atomic mass is 16.5. The molecule has 0 saturated heterocycles. The molecule has 130 valence electrons. The number of amides is 1. The van der Waals surface area contributed by atoms with Crippen LogP contribution >= 0.6 is 0 Å². The number of nitrogens with zero attached hydrogens (tertiary/aromatic N) is 1. The van der Waals surface area contributed by atoms with E-state index in [0.29, 0.717) is 17.9 Å². The largest absolute Gasteiger partial charge is 0.465 e. The average Bonchev–Trinajstić information content (AvgIpc) is 2.66. The SMILES string of the molecule is Cc1ccc(CN2C(=O)c3ccccc3OC2c2ccc(C)cc2)cc1. The van der Waals surface area contributed by atoms with Crippen LogP contribution in [0, 0.1) is 13.8 Å². The van der Waals surface area contributed by atoms with Gasteiger partial charge >= 0.3 is 0 Å². The van der Waals surface area contributed by atoms with E-state index in [4.69, 9.17) is 4.74 Å². The fourth-order valence-corrected chi connectivity index (χ4v) is 3.22. The lowest BCUT2D eigenvalue weighted by Gasteiger charge is -2.37. The zero-order valence-electron chi connectivity index (χ0n) is 15.0. The molecule has 1 aliphatic rings. The van der Waals surface area contributed by atoms with Crippen molar-refractivity contribution < 1.29 is 9.53 Å². The summed E-state index contributed by atoms with van der Waals surface area (Å²) in [5, 5.41) is 0. The van der Waals surface area contributed by atoms with Gasteiger partial charge in [0.25, 0.3) is 5.91 Å². The first-order valence-electron chi connectivity index (χ1n) is 8.80. The lowest BCUT2D eigenvalue weighted by atomic mass is 10.0. The molecule has 3 nitrogen and oxygen atoms in total. The van der Waals surface area contributed by atoms with E-state index in [1.54, 1.807) is 4.90 Å². The van der Waals surface area contributed by atoms with Crippen LogP contribution in [0.2, 0.25) is 0 Å². The highest BCUT2D eigenvalue weighted by Gasteiger charge is 2.34. The van der Waals surface area contributed by atoms with Gasteiger partial charge in [-0.25, -0.2) is 0 Å². The summed E-state index contributed by atoms with van der Waals surface area (Å²) in [4.78, 5) is 15.0. The Morgan fingerprint density at radius 3 is 2.15 bits per heavy atom. The minimum Gasteiger partial charge on any atom is -0.465 e. The molecule has 1 atom stereocenters. The van der Waals surface area contributed by atoms with Gasteiger partial charge in [0.15, 0.2) is 0 Å². The number of rotatable bonds is 3. The van der Waals surface area contributed by atoms with Gasteiger partial charge in [0.2, 0.25) is 6.23 Å². The van der Waals surface area contributed by atoms with Crippen molar-refractivity contribution in [3.05, 3.63) is 101 Å². The Kier molecular flexibility index (Phi) is 4.21. The molecule has 26 heavy (non-hydrogen) atoms. The van der Waals surface area contributed by atoms with Gasteiger partial charge in [-0.15, -0.1) is 0 Å². The van der Waals surface area contributed by atoms with Gasteiger partial charge in [-0.1, -0.05) is 71.8 Å².